The highest BCUT2D eigenvalue weighted by atomic mass is 16.3. The third-order valence-electron chi connectivity index (χ3n) is 4.96. The summed E-state index contributed by atoms with van der Waals surface area (Å²) in [6.45, 7) is 4.08. The Balaban J connectivity index is 1.78. The number of nitriles is 1. The Morgan fingerprint density at radius 1 is 1.23 bits per heavy atom. The Hall–Kier alpha value is -3.73. The summed E-state index contributed by atoms with van der Waals surface area (Å²) in [4.78, 5) is 19.1. The first-order valence-corrected chi connectivity index (χ1v) is 10.0. The zero-order valence-corrected chi connectivity index (χ0v) is 17.4. The molecule has 7 nitrogen and oxygen atoms in total. The van der Waals surface area contributed by atoms with Gasteiger partial charge in [0.2, 0.25) is 0 Å². The highest BCUT2D eigenvalue weighted by Gasteiger charge is 2.12. The normalized spacial score (nSPS) is 10.6. The quantitative estimate of drug-likeness (QED) is 0.486. The number of para-hydroxylation sites is 2. The van der Waals surface area contributed by atoms with Crippen LogP contribution in [0.5, 0.6) is 0 Å². The summed E-state index contributed by atoms with van der Waals surface area (Å²) in [5.41, 5.74) is 10.1. The van der Waals surface area contributed by atoms with Gasteiger partial charge in [-0.25, -0.2) is 0 Å². The van der Waals surface area contributed by atoms with Crippen LogP contribution in [-0.4, -0.2) is 40.6 Å². The van der Waals surface area contributed by atoms with E-state index in [9.17, 15) is 10.1 Å². The number of pyridine rings is 1. The minimum Gasteiger partial charge on any atom is -0.397 e. The van der Waals surface area contributed by atoms with Crippen LogP contribution >= 0.6 is 0 Å². The summed E-state index contributed by atoms with van der Waals surface area (Å²) in [5.74, 6) is -0.267. The summed E-state index contributed by atoms with van der Waals surface area (Å²) < 4.78 is 0. The Bertz CT molecular complexity index is 1090. The van der Waals surface area contributed by atoms with Crippen molar-refractivity contribution in [2.75, 3.05) is 30.7 Å². The number of aromatic nitrogens is 1. The van der Waals surface area contributed by atoms with E-state index in [0.29, 0.717) is 41.3 Å². The standard InChI is InChI=1S/C24H25N5O2/c1-2-29(11-12-30)16-17-13-20(14-25)23(27-15-17)18-7-9-19(10-8-18)24(31)28-22-6-4-3-5-21(22)26/h3-10,13,15,30H,2,11-12,16,26H2,1H3,(H,28,31). The molecule has 0 aliphatic heterocycles. The molecule has 158 valence electrons. The van der Waals surface area contributed by atoms with Gasteiger partial charge in [-0.3, -0.25) is 14.7 Å². The molecule has 31 heavy (non-hydrogen) atoms. The summed E-state index contributed by atoms with van der Waals surface area (Å²) >= 11 is 0. The molecule has 0 radical (unpaired) electrons. The molecule has 0 atom stereocenters. The number of nitrogens with zero attached hydrogens (tertiary/aromatic N) is 3. The van der Waals surface area contributed by atoms with Crippen LogP contribution in [0.2, 0.25) is 0 Å². The van der Waals surface area contributed by atoms with Gasteiger partial charge < -0.3 is 16.2 Å². The van der Waals surface area contributed by atoms with Crippen molar-refractivity contribution in [1.82, 2.24) is 9.88 Å². The van der Waals surface area contributed by atoms with Gasteiger partial charge in [-0.15, -0.1) is 0 Å². The zero-order chi connectivity index (χ0) is 22.2. The molecule has 0 aliphatic carbocycles. The molecule has 1 heterocycles. The first-order chi connectivity index (χ1) is 15.0. The molecular weight excluding hydrogens is 390 g/mol. The lowest BCUT2D eigenvalue weighted by atomic mass is 10.0. The molecule has 7 heteroatoms. The highest BCUT2D eigenvalue weighted by molar-refractivity contribution is 6.05. The summed E-state index contributed by atoms with van der Waals surface area (Å²) in [6, 6.07) is 18.0. The van der Waals surface area contributed by atoms with Crippen molar-refractivity contribution in [3.63, 3.8) is 0 Å². The average molecular weight is 415 g/mol. The van der Waals surface area contributed by atoms with Crippen LogP contribution in [0.15, 0.2) is 60.8 Å². The Morgan fingerprint density at radius 3 is 2.61 bits per heavy atom. The van der Waals surface area contributed by atoms with E-state index in [2.05, 4.69) is 21.3 Å². The third-order valence-corrected chi connectivity index (χ3v) is 4.96. The second-order valence-corrected chi connectivity index (χ2v) is 7.06. The number of benzene rings is 2. The van der Waals surface area contributed by atoms with Crippen molar-refractivity contribution >= 4 is 17.3 Å². The number of aliphatic hydroxyl groups is 1. The minimum absolute atomic E-state index is 0.0846. The van der Waals surface area contributed by atoms with Crippen LogP contribution in [0, 0.1) is 11.3 Å². The number of hydrogen-bond acceptors (Lipinski definition) is 6. The number of nitrogens with one attached hydrogen (secondary N) is 1. The molecule has 0 bridgehead atoms. The molecule has 3 rings (SSSR count). The van der Waals surface area contributed by atoms with Crippen LogP contribution in [-0.2, 0) is 6.54 Å². The van der Waals surface area contributed by atoms with Crippen molar-refractivity contribution in [1.29, 1.82) is 5.26 Å². The van der Waals surface area contributed by atoms with Crippen molar-refractivity contribution in [2.24, 2.45) is 0 Å². The largest absolute Gasteiger partial charge is 0.397 e. The Morgan fingerprint density at radius 2 is 1.97 bits per heavy atom. The van der Waals surface area contributed by atoms with Crippen LogP contribution in [0.25, 0.3) is 11.3 Å². The molecular formula is C24H25N5O2. The summed E-state index contributed by atoms with van der Waals surface area (Å²) in [7, 11) is 0. The molecule has 1 aromatic heterocycles. The first-order valence-electron chi connectivity index (χ1n) is 10.0. The third kappa shape index (κ3) is 5.45. The zero-order valence-electron chi connectivity index (χ0n) is 17.4. The molecule has 0 saturated carbocycles. The molecule has 2 aromatic carbocycles. The number of nitrogen functional groups attached to an aromatic ring is 1. The molecule has 0 aliphatic rings. The van der Waals surface area contributed by atoms with Gasteiger partial charge in [-0.1, -0.05) is 31.2 Å². The second kappa shape index (κ2) is 10.3. The number of nitrogens with two attached hydrogens (primary N) is 1. The van der Waals surface area contributed by atoms with E-state index in [1.54, 1.807) is 54.7 Å². The average Bonchev–Trinajstić information content (AvgIpc) is 2.80. The van der Waals surface area contributed by atoms with E-state index in [0.717, 1.165) is 17.7 Å². The summed E-state index contributed by atoms with van der Waals surface area (Å²) in [6.07, 6.45) is 1.75. The van der Waals surface area contributed by atoms with Gasteiger partial charge in [-0.2, -0.15) is 5.26 Å². The fourth-order valence-corrected chi connectivity index (χ4v) is 3.24. The van der Waals surface area contributed by atoms with E-state index in [1.165, 1.54) is 0 Å². The number of amides is 1. The van der Waals surface area contributed by atoms with Crippen molar-refractivity contribution in [3.05, 3.63) is 77.5 Å². The first kappa shape index (κ1) is 22.0. The maximum absolute atomic E-state index is 12.5. The minimum atomic E-state index is -0.267. The van der Waals surface area contributed by atoms with Crippen LogP contribution in [0.1, 0.15) is 28.4 Å². The number of likely N-dealkylation sites (N-methyl/N-ethyl adjacent to an activating group) is 1. The van der Waals surface area contributed by atoms with Gasteiger partial charge in [0.1, 0.15) is 6.07 Å². The van der Waals surface area contributed by atoms with Crippen LogP contribution in [0.4, 0.5) is 11.4 Å². The molecule has 0 unspecified atom stereocenters. The van der Waals surface area contributed by atoms with Gasteiger partial charge >= 0.3 is 0 Å². The molecule has 1 amide bonds. The Labute approximate surface area is 181 Å². The predicted molar refractivity (Wildman–Crippen MR) is 121 cm³/mol. The SMILES string of the molecule is CCN(CCO)Cc1cnc(-c2ccc(C(=O)Nc3ccccc3N)cc2)c(C#N)c1. The molecule has 0 spiro atoms. The van der Waals surface area contributed by atoms with Crippen LogP contribution in [0.3, 0.4) is 0 Å². The number of carbonyl (C=O) groups excluding carboxylic acids is 1. The molecule has 0 saturated heterocycles. The van der Waals surface area contributed by atoms with Gasteiger partial charge in [-0.05, 0) is 42.4 Å². The van der Waals surface area contributed by atoms with Gasteiger partial charge in [0.25, 0.3) is 5.91 Å². The van der Waals surface area contributed by atoms with E-state index in [1.807, 2.05) is 13.0 Å². The maximum Gasteiger partial charge on any atom is 0.255 e. The maximum atomic E-state index is 12.5. The smallest absolute Gasteiger partial charge is 0.255 e. The van der Waals surface area contributed by atoms with Gasteiger partial charge in [0, 0.05) is 30.4 Å². The van der Waals surface area contributed by atoms with Crippen LogP contribution < -0.4 is 11.1 Å². The predicted octanol–water partition coefficient (Wildman–Crippen LogP) is 3.27. The Kier molecular flexibility index (Phi) is 7.33. The second-order valence-electron chi connectivity index (χ2n) is 7.06. The number of rotatable bonds is 8. The number of aliphatic hydroxyl groups excluding tert-OH is 1. The van der Waals surface area contributed by atoms with E-state index in [-0.39, 0.29) is 12.5 Å². The summed E-state index contributed by atoms with van der Waals surface area (Å²) in [5, 5.41) is 21.6. The van der Waals surface area contributed by atoms with E-state index < -0.39 is 0 Å². The van der Waals surface area contributed by atoms with Gasteiger partial charge in [0.15, 0.2) is 0 Å². The van der Waals surface area contributed by atoms with Crippen molar-refractivity contribution in [3.8, 4) is 17.3 Å². The monoisotopic (exact) mass is 415 g/mol. The van der Waals surface area contributed by atoms with Gasteiger partial charge in [0.05, 0.1) is 29.2 Å². The fourth-order valence-electron chi connectivity index (χ4n) is 3.24. The van der Waals surface area contributed by atoms with Crippen molar-refractivity contribution < 1.29 is 9.90 Å². The number of hydrogen-bond donors (Lipinski definition) is 3. The highest BCUT2D eigenvalue weighted by Crippen LogP contribution is 2.24. The topological polar surface area (TPSA) is 115 Å². The lowest BCUT2D eigenvalue weighted by molar-refractivity contribution is 0.102. The lowest BCUT2D eigenvalue weighted by Crippen LogP contribution is -2.26. The lowest BCUT2D eigenvalue weighted by Gasteiger charge is -2.19. The molecule has 3 aromatic rings. The molecule has 0 fully saturated rings. The number of anilines is 2. The van der Waals surface area contributed by atoms with E-state index in [4.69, 9.17) is 10.8 Å². The number of carbonyl (C=O) groups is 1. The van der Waals surface area contributed by atoms with Crippen molar-refractivity contribution in [2.45, 2.75) is 13.5 Å². The fraction of sp³-hybridized carbons (Fsp3) is 0.208. The molecule has 4 N–H and O–H groups in total. The van der Waals surface area contributed by atoms with E-state index >= 15 is 0 Å².